The molecule has 0 radical (unpaired) electrons. The van der Waals surface area contributed by atoms with E-state index in [2.05, 4.69) is 27.1 Å². The summed E-state index contributed by atoms with van der Waals surface area (Å²) in [6.45, 7) is 8.07. The van der Waals surface area contributed by atoms with Crippen LogP contribution in [0.25, 0.3) is 10.2 Å². The highest BCUT2D eigenvalue weighted by Gasteiger charge is 2.27. The predicted molar refractivity (Wildman–Crippen MR) is 102 cm³/mol. The second kappa shape index (κ2) is 6.90. The number of fused-ring (bicyclic) bond motifs is 1. The van der Waals surface area contributed by atoms with Crippen molar-refractivity contribution >= 4 is 33.3 Å². The average molecular weight is 359 g/mol. The lowest BCUT2D eigenvalue weighted by atomic mass is 9.95. The fourth-order valence-electron chi connectivity index (χ4n) is 4.09. The van der Waals surface area contributed by atoms with E-state index in [1.807, 2.05) is 6.92 Å². The van der Waals surface area contributed by atoms with Crippen LogP contribution in [0.2, 0.25) is 0 Å². The zero-order valence-electron chi connectivity index (χ0n) is 15.1. The number of anilines is 1. The molecule has 2 aliphatic rings. The molecule has 6 heteroatoms. The molecule has 1 amide bonds. The number of piperidine rings is 2. The minimum absolute atomic E-state index is 0.357. The van der Waals surface area contributed by atoms with Crippen molar-refractivity contribution in [1.29, 1.82) is 0 Å². The fourth-order valence-corrected chi connectivity index (χ4v) is 5.05. The molecular weight excluding hydrogens is 332 g/mol. The van der Waals surface area contributed by atoms with Crippen LogP contribution in [0.4, 0.5) is 5.82 Å². The molecule has 0 N–H and O–H groups in total. The van der Waals surface area contributed by atoms with Crippen molar-refractivity contribution in [2.24, 2.45) is 5.92 Å². The molecule has 134 valence electrons. The number of aryl methyl sites for hydroxylation is 2. The third-order valence-corrected chi connectivity index (χ3v) is 6.51. The van der Waals surface area contributed by atoms with E-state index in [4.69, 9.17) is 4.98 Å². The molecule has 0 aromatic carbocycles. The Morgan fingerprint density at radius 1 is 1.16 bits per heavy atom. The smallest absolute Gasteiger partial charge is 0.222 e. The summed E-state index contributed by atoms with van der Waals surface area (Å²) >= 11 is 1.71. The Hall–Kier alpha value is -1.69. The summed E-state index contributed by atoms with van der Waals surface area (Å²) in [6.07, 6.45) is 5.25. The zero-order chi connectivity index (χ0) is 17.4. The summed E-state index contributed by atoms with van der Waals surface area (Å²) in [5.41, 5.74) is 1.27. The highest BCUT2D eigenvalue weighted by atomic mass is 32.1. The normalized spacial score (nSPS) is 19.8. The van der Waals surface area contributed by atoms with Crippen LogP contribution in [0, 0.1) is 19.8 Å². The Labute approximate surface area is 153 Å². The largest absolute Gasteiger partial charge is 0.356 e. The van der Waals surface area contributed by atoms with Gasteiger partial charge in [-0.2, -0.15) is 0 Å². The highest BCUT2D eigenvalue weighted by molar-refractivity contribution is 7.17. The third kappa shape index (κ3) is 3.36. The van der Waals surface area contributed by atoms with Crippen LogP contribution in [0.3, 0.4) is 0 Å². The number of aromatic nitrogens is 2. The first-order chi connectivity index (χ1) is 12.1. The lowest BCUT2D eigenvalue weighted by Crippen LogP contribution is -2.43. The van der Waals surface area contributed by atoms with Crippen LogP contribution >= 0.6 is 11.3 Å². The Morgan fingerprint density at radius 3 is 2.72 bits per heavy atom. The van der Waals surface area contributed by atoms with Gasteiger partial charge in [0.1, 0.15) is 16.5 Å². The Bertz CT molecular complexity index is 779. The zero-order valence-corrected chi connectivity index (χ0v) is 15.9. The third-order valence-electron chi connectivity index (χ3n) is 5.52. The quantitative estimate of drug-likeness (QED) is 0.842. The maximum atomic E-state index is 12.0. The van der Waals surface area contributed by atoms with Crippen LogP contribution in [0.1, 0.15) is 43.5 Å². The van der Waals surface area contributed by atoms with Crippen molar-refractivity contribution in [2.45, 2.75) is 46.0 Å². The van der Waals surface area contributed by atoms with Crippen molar-refractivity contribution in [2.75, 3.05) is 31.1 Å². The van der Waals surface area contributed by atoms with Crippen molar-refractivity contribution in [3.05, 3.63) is 16.8 Å². The fraction of sp³-hybridized carbons (Fsp3) is 0.632. The molecule has 4 rings (SSSR count). The van der Waals surface area contributed by atoms with E-state index < -0.39 is 0 Å². The van der Waals surface area contributed by atoms with Gasteiger partial charge in [-0.3, -0.25) is 4.79 Å². The molecule has 2 fully saturated rings. The molecule has 0 aliphatic carbocycles. The van der Waals surface area contributed by atoms with Gasteiger partial charge < -0.3 is 9.80 Å². The maximum absolute atomic E-state index is 12.0. The molecule has 0 atom stereocenters. The van der Waals surface area contributed by atoms with Crippen LogP contribution in [0.15, 0.2) is 5.38 Å². The lowest BCUT2D eigenvalue weighted by molar-refractivity contribution is -0.134. The number of nitrogens with zero attached hydrogens (tertiary/aromatic N) is 4. The molecule has 4 heterocycles. The van der Waals surface area contributed by atoms with Crippen molar-refractivity contribution < 1.29 is 4.79 Å². The molecule has 2 aliphatic heterocycles. The first-order valence-electron chi connectivity index (χ1n) is 9.37. The number of likely N-dealkylation sites (tertiary alicyclic amines) is 1. The molecule has 2 saturated heterocycles. The van der Waals surface area contributed by atoms with E-state index in [-0.39, 0.29) is 0 Å². The molecule has 0 bridgehead atoms. The van der Waals surface area contributed by atoms with Gasteiger partial charge >= 0.3 is 0 Å². The Balaban J connectivity index is 1.45. The van der Waals surface area contributed by atoms with Gasteiger partial charge in [-0.25, -0.2) is 9.97 Å². The lowest BCUT2D eigenvalue weighted by Gasteiger charge is -2.36. The number of carbonyl (C=O) groups excluding carboxylic acids is 1. The first-order valence-corrected chi connectivity index (χ1v) is 10.2. The second-order valence-electron chi connectivity index (χ2n) is 7.42. The van der Waals surface area contributed by atoms with Gasteiger partial charge in [-0.1, -0.05) is 0 Å². The van der Waals surface area contributed by atoms with Crippen LogP contribution in [-0.2, 0) is 4.79 Å². The maximum Gasteiger partial charge on any atom is 0.222 e. The molecule has 25 heavy (non-hydrogen) atoms. The van der Waals surface area contributed by atoms with Crippen LogP contribution in [-0.4, -0.2) is 47.0 Å². The minimum Gasteiger partial charge on any atom is -0.356 e. The summed E-state index contributed by atoms with van der Waals surface area (Å²) < 4.78 is 0. The van der Waals surface area contributed by atoms with Crippen LogP contribution in [0.5, 0.6) is 0 Å². The van der Waals surface area contributed by atoms with Gasteiger partial charge in [0, 0.05) is 32.6 Å². The summed E-state index contributed by atoms with van der Waals surface area (Å²) in [5.74, 6) is 2.94. The topological polar surface area (TPSA) is 49.3 Å². The average Bonchev–Trinajstić information content (AvgIpc) is 2.98. The first kappa shape index (κ1) is 16.8. The van der Waals surface area contributed by atoms with E-state index in [1.54, 1.807) is 11.3 Å². The number of hydrogen-bond acceptors (Lipinski definition) is 5. The SMILES string of the molecule is Cc1nc(N2CCC(CN3CCCCC3=O)CC2)c2c(C)csc2n1. The van der Waals surface area contributed by atoms with Crippen molar-refractivity contribution in [1.82, 2.24) is 14.9 Å². The standard InChI is InChI=1S/C19H26N4OS/c1-13-12-25-19-17(13)18(20-14(2)21-19)22-9-6-15(7-10-22)11-23-8-4-3-5-16(23)24/h12,15H,3-11H2,1-2H3. The van der Waals surface area contributed by atoms with Gasteiger partial charge in [-0.15, -0.1) is 11.3 Å². The van der Waals surface area contributed by atoms with E-state index in [0.717, 1.165) is 68.3 Å². The van der Waals surface area contributed by atoms with Crippen molar-refractivity contribution in [3.8, 4) is 0 Å². The molecule has 0 saturated carbocycles. The van der Waals surface area contributed by atoms with E-state index in [9.17, 15) is 4.79 Å². The van der Waals surface area contributed by atoms with Crippen LogP contribution < -0.4 is 4.90 Å². The summed E-state index contributed by atoms with van der Waals surface area (Å²) in [4.78, 5) is 27.0. The van der Waals surface area contributed by atoms with E-state index in [0.29, 0.717) is 11.8 Å². The summed E-state index contributed by atoms with van der Waals surface area (Å²) in [6, 6.07) is 0. The number of hydrogen-bond donors (Lipinski definition) is 0. The minimum atomic E-state index is 0.357. The van der Waals surface area contributed by atoms with Gasteiger partial charge in [0.2, 0.25) is 5.91 Å². The monoisotopic (exact) mass is 358 g/mol. The molecular formula is C19H26N4OS. The molecule has 2 aromatic heterocycles. The molecule has 0 unspecified atom stereocenters. The van der Waals surface area contributed by atoms with E-state index in [1.165, 1.54) is 17.4 Å². The number of amides is 1. The number of thiophene rings is 1. The number of rotatable bonds is 3. The van der Waals surface area contributed by atoms with Gasteiger partial charge in [-0.05, 0) is 56.4 Å². The molecule has 0 spiro atoms. The van der Waals surface area contributed by atoms with E-state index >= 15 is 0 Å². The highest BCUT2D eigenvalue weighted by Crippen LogP contribution is 2.33. The number of carbonyl (C=O) groups is 1. The van der Waals surface area contributed by atoms with Crippen molar-refractivity contribution in [3.63, 3.8) is 0 Å². The Morgan fingerprint density at radius 2 is 1.96 bits per heavy atom. The second-order valence-corrected chi connectivity index (χ2v) is 8.28. The van der Waals surface area contributed by atoms with Gasteiger partial charge in [0.25, 0.3) is 0 Å². The van der Waals surface area contributed by atoms with Gasteiger partial charge in [0.15, 0.2) is 0 Å². The Kier molecular flexibility index (Phi) is 4.63. The molecule has 5 nitrogen and oxygen atoms in total. The molecule has 2 aromatic rings. The predicted octanol–water partition coefficient (Wildman–Crippen LogP) is 3.54. The van der Waals surface area contributed by atoms with Gasteiger partial charge in [0.05, 0.1) is 5.39 Å². The summed E-state index contributed by atoms with van der Waals surface area (Å²) in [7, 11) is 0. The summed E-state index contributed by atoms with van der Waals surface area (Å²) in [5, 5.41) is 3.40.